The third kappa shape index (κ3) is 2.87. The molecule has 0 bridgehead atoms. The molecule has 0 saturated carbocycles. The second-order valence-electron chi connectivity index (χ2n) is 4.23. The minimum absolute atomic E-state index is 0.157. The van der Waals surface area contributed by atoms with Crippen LogP contribution < -0.4 is 4.74 Å². The molecule has 0 aliphatic rings. The molecule has 7 nitrogen and oxygen atoms in total. The number of hydrogen-bond acceptors (Lipinski definition) is 5. The molecule has 0 unspecified atom stereocenters. The summed E-state index contributed by atoms with van der Waals surface area (Å²) in [5.41, 5.74) is 0.182. The van der Waals surface area contributed by atoms with Gasteiger partial charge in [-0.1, -0.05) is 0 Å². The van der Waals surface area contributed by atoms with Gasteiger partial charge in [-0.3, -0.25) is 5.10 Å². The Kier molecular flexibility index (Phi) is 3.69. The minimum atomic E-state index is -3.81. The number of carboxylic acids is 1. The highest BCUT2D eigenvalue weighted by Crippen LogP contribution is 2.32. The van der Waals surface area contributed by atoms with E-state index in [4.69, 9.17) is 9.84 Å². The molecule has 9 heteroatoms. The maximum absolute atomic E-state index is 14.0. The highest BCUT2D eigenvalue weighted by molar-refractivity contribution is 7.90. The van der Waals surface area contributed by atoms with E-state index in [1.165, 1.54) is 19.2 Å². The average Bonchev–Trinajstić information content (AvgIpc) is 2.85. The van der Waals surface area contributed by atoms with Gasteiger partial charge >= 0.3 is 5.97 Å². The Morgan fingerprint density at radius 3 is 2.52 bits per heavy atom. The first-order valence-corrected chi connectivity index (χ1v) is 7.50. The lowest BCUT2D eigenvalue weighted by Gasteiger charge is -2.09. The number of hydrogen-bond donors (Lipinski definition) is 2. The second kappa shape index (κ2) is 5.17. The van der Waals surface area contributed by atoms with Crippen molar-refractivity contribution >= 4 is 15.8 Å². The molecule has 2 N–H and O–H groups in total. The number of H-pyrrole nitrogens is 1. The van der Waals surface area contributed by atoms with Crippen molar-refractivity contribution in [1.29, 1.82) is 0 Å². The molecule has 0 amide bonds. The number of aromatic amines is 1. The lowest BCUT2D eigenvalue weighted by atomic mass is 10.1. The number of nitrogens with one attached hydrogen (secondary N) is 1. The van der Waals surface area contributed by atoms with Crippen molar-refractivity contribution in [3.63, 3.8) is 0 Å². The number of sulfone groups is 1. The maximum atomic E-state index is 14.0. The zero-order valence-electron chi connectivity index (χ0n) is 11.0. The molecule has 0 atom stereocenters. The van der Waals surface area contributed by atoms with E-state index in [0.29, 0.717) is 0 Å². The first-order chi connectivity index (χ1) is 9.74. The summed E-state index contributed by atoms with van der Waals surface area (Å²) in [5, 5.41) is 14.8. The molecule has 112 valence electrons. The van der Waals surface area contributed by atoms with Crippen molar-refractivity contribution in [1.82, 2.24) is 10.2 Å². The van der Waals surface area contributed by atoms with Crippen LogP contribution in [0.5, 0.6) is 5.75 Å². The van der Waals surface area contributed by atoms with E-state index in [1.54, 1.807) is 0 Å². The van der Waals surface area contributed by atoms with Crippen molar-refractivity contribution in [2.75, 3.05) is 13.4 Å². The van der Waals surface area contributed by atoms with Crippen molar-refractivity contribution in [3.8, 4) is 17.0 Å². The highest BCUT2D eigenvalue weighted by atomic mass is 32.2. The SMILES string of the molecule is COc1cc(-c2cc(C(=O)O)[nH]n2)cc(F)c1S(C)(=O)=O. The third-order valence-electron chi connectivity index (χ3n) is 2.70. The number of carbonyl (C=O) groups is 1. The zero-order chi connectivity index (χ0) is 15.8. The fourth-order valence-corrected chi connectivity index (χ4v) is 2.73. The van der Waals surface area contributed by atoms with E-state index in [0.717, 1.165) is 12.3 Å². The van der Waals surface area contributed by atoms with Crippen molar-refractivity contribution in [3.05, 3.63) is 29.7 Å². The smallest absolute Gasteiger partial charge is 0.353 e. The second-order valence-corrected chi connectivity index (χ2v) is 6.19. The minimum Gasteiger partial charge on any atom is -0.495 e. The van der Waals surface area contributed by atoms with Gasteiger partial charge in [-0.25, -0.2) is 17.6 Å². The predicted molar refractivity (Wildman–Crippen MR) is 70.6 cm³/mol. The van der Waals surface area contributed by atoms with Gasteiger partial charge in [0.25, 0.3) is 0 Å². The van der Waals surface area contributed by atoms with Gasteiger partial charge in [0.2, 0.25) is 0 Å². The van der Waals surface area contributed by atoms with Gasteiger partial charge in [-0.2, -0.15) is 5.10 Å². The Labute approximate surface area is 119 Å². The van der Waals surface area contributed by atoms with E-state index in [2.05, 4.69) is 10.2 Å². The normalized spacial score (nSPS) is 11.4. The number of aromatic carboxylic acids is 1. The lowest BCUT2D eigenvalue weighted by Crippen LogP contribution is -2.04. The summed E-state index contributed by atoms with van der Waals surface area (Å²) < 4.78 is 42.0. The first-order valence-electron chi connectivity index (χ1n) is 5.60. The van der Waals surface area contributed by atoms with Gasteiger partial charge in [0.15, 0.2) is 9.84 Å². The van der Waals surface area contributed by atoms with E-state index in [1.807, 2.05) is 0 Å². The fraction of sp³-hybridized carbons (Fsp3) is 0.167. The molecule has 0 saturated heterocycles. The van der Waals surface area contributed by atoms with E-state index in [-0.39, 0.29) is 22.7 Å². The van der Waals surface area contributed by atoms with Crippen molar-refractivity contribution in [2.24, 2.45) is 0 Å². The summed E-state index contributed by atoms with van der Waals surface area (Å²) >= 11 is 0. The summed E-state index contributed by atoms with van der Waals surface area (Å²) in [6, 6.07) is 3.44. The van der Waals surface area contributed by atoms with Crippen LogP contribution in [-0.2, 0) is 9.84 Å². The lowest BCUT2D eigenvalue weighted by molar-refractivity contribution is 0.0690. The number of methoxy groups -OCH3 is 1. The Hall–Kier alpha value is -2.42. The van der Waals surface area contributed by atoms with Gasteiger partial charge < -0.3 is 9.84 Å². The molecule has 0 aliphatic carbocycles. The summed E-state index contributed by atoms with van der Waals surface area (Å²) in [4.78, 5) is 10.2. The van der Waals surface area contributed by atoms with Crippen LogP contribution in [0.25, 0.3) is 11.3 Å². The van der Waals surface area contributed by atoms with Crippen LogP contribution in [0.4, 0.5) is 4.39 Å². The van der Waals surface area contributed by atoms with E-state index in [9.17, 15) is 17.6 Å². The molecule has 0 spiro atoms. The molecule has 0 fully saturated rings. The van der Waals surface area contributed by atoms with Crippen LogP contribution >= 0.6 is 0 Å². The molecular formula is C12H11FN2O5S. The standard InChI is InChI=1S/C12H11FN2O5S/c1-20-10-4-6(3-7(13)11(10)21(2,18)19)8-5-9(12(16)17)15-14-8/h3-5H,1-2H3,(H,14,15)(H,16,17). The predicted octanol–water partition coefficient (Wildman–Crippen LogP) is 1.33. The monoisotopic (exact) mass is 314 g/mol. The molecule has 0 aliphatic heterocycles. The Morgan fingerprint density at radius 1 is 1.38 bits per heavy atom. The summed E-state index contributed by atoms with van der Waals surface area (Å²) in [6.45, 7) is 0. The van der Waals surface area contributed by atoms with Crippen molar-refractivity contribution in [2.45, 2.75) is 4.90 Å². The number of carboxylic acid groups (broad SMARTS) is 1. The number of benzene rings is 1. The van der Waals surface area contributed by atoms with Crippen LogP contribution in [0.3, 0.4) is 0 Å². The van der Waals surface area contributed by atoms with Gasteiger partial charge in [-0.15, -0.1) is 0 Å². The Bertz CT molecular complexity index is 813. The average molecular weight is 314 g/mol. The summed E-state index contributed by atoms with van der Waals surface area (Å²) in [5.74, 6) is -2.38. The molecule has 1 aromatic carbocycles. The highest BCUT2D eigenvalue weighted by Gasteiger charge is 2.22. The van der Waals surface area contributed by atoms with Crippen LogP contribution in [0.15, 0.2) is 23.1 Å². The topological polar surface area (TPSA) is 109 Å². The number of ether oxygens (including phenoxy) is 1. The van der Waals surface area contributed by atoms with Crippen LogP contribution in [0.2, 0.25) is 0 Å². The number of halogens is 1. The maximum Gasteiger partial charge on any atom is 0.353 e. The van der Waals surface area contributed by atoms with E-state index >= 15 is 0 Å². The number of aromatic nitrogens is 2. The Morgan fingerprint density at radius 2 is 2.05 bits per heavy atom. The molecule has 2 aromatic rings. The van der Waals surface area contributed by atoms with Gasteiger partial charge in [0.1, 0.15) is 22.2 Å². The van der Waals surface area contributed by atoms with Crippen LogP contribution in [0.1, 0.15) is 10.5 Å². The fourth-order valence-electron chi connectivity index (χ4n) is 1.81. The van der Waals surface area contributed by atoms with Gasteiger partial charge in [0.05, 0.1) is 12.8 Å². The summed E-state index contributed by atoms with van der Waals surface area (Å²) in [7, 11) is -2.60. The summed E-state index contributed by atoms with van der Waals surface area (Å²) in [6.07, 6.45) is 0.866. The quantitative estimate of drug-likeness (QED) is 0.881. The van der Waals surface area contributed by atoms with Crippen molar-refractivity contribution < 1.29 is 27.4 Å². The Balaban J connectivity index is 2.62. The van der Waals surface area contributed by atoms with Crippen LogP contribution in [-0.4, -0.2) is 43.1 Å². The molecule has 1 heterocycles. The zero-order valence-corrected chi connectivity index (χ0v) is 11.9. The molecule has 2 rings (SSSR count). The van der Waals surface area contributed by atoms with Gasteiger partial charge in [-0.05, 0) is 18.2 Å². The third-order valence-corrected chi connectivity index (χ3v) is 3.84. The first kappa shape index (κ1) is 15.0. The molecule has 1 aromatic heterocycles. The van der Waals surface area contributed by atoms with Crippen LogP contribution in [0, 0.1) is 5.82 Å². The molecular weight excluding hydrogens is 303 g/mol. The molecule has 0 radical (unpaired) electrons. The van der Waals surface area contributed by atoms with Gasteiger partial charge in [0, 0.05) is 11.8 Å². The van der Waals surface area contributed by atoms with E-state index < -0.39 is 26.5 Å². The number of rotatable bonds is 4. The molecule has 21 heavy (non-hydrogen) atoms. The largest absolute Gasteiger partial charge is 0.495 e. The number of nitrogens with zero attached hydrogens (tertiary/aromatic N) is 1.